The van der Waals surface area contributed by atoms with Crippen molar-refractivity contribution >= 4 is 5.91 Å². The summed E-state index contributed by atoms with van der Waals surface area (Å²) in [5, 5.41) is 2.73. The predicted molar refractivity (Wildman–Crippen MR) is 49.2 cm³/mol. The maximum absolute atomic E-state index is 11.4. The van der Waals surface area contributed by atoms with E-state index >= 15 is 0 Å². The molecule has 0 aliphatic carbocycles. The predicted octanol–water partition coefficient (Wildman–Crippen LogP) is -0.503. The van der Waals surface area contributed by atoms with Gasteiger partial charge in [-0.1, -0.05) is 0 Å². The van der Waals surface area contributed by atoms with Gasteiger partial charge >= 0.3 is 0 Å². The smallest absolute Gasteiger partial charge is 0.287 e. The van der Waals surface area contributed by atoms with Crippen LogP contribution in [-0.4, -0.2) is 28.0 Å². The van der Waals surface area contributed by atoms with Crippen LogP contribution in [0.3, 0.4) is 0 Å². The van der Waals surface area contributed by atoms with Gasteiger partial charge in [0, 0.05) is 32.0 Å². The molecule has 1 atom stereocenters. The molecule has 0 unspecified atom stereocenters. The summed E-state index contributed by atoms with van der Waals surface area (Å²) in [5.41, 5.74) is 5.37. The standard InChI is InChI=1S/C8H14N4O/c1-6(5-9)11-8(13)7-10-3-4-12(7)2/h3-4,6H,5,9H2,1-2H3,(H,11,13)/t6-/m1/s1. The number of rotatable bonds is 3. The minimum Gasteiger partial charge on any atom is -0.346 e. The first-order chi connectivity index (χ1) is 6.15. The Balaban J connectivity index is 2.64. The number of nitrogens with zero attached hydrogens (tertiary/aromatic N) is 2. The highest BCUT2D eigenvalue weighted by molar-refractivity contribution is 5.90. The first-order valence-electron chi connectivity index (χ1n) is 4.13. The van der Waals surface area contributed by atoms with E-state index in [9.17, 15) is 4.79 Å². The molecule has 0 saturated carbocycles. The summed E-state index contributed by atoms with van der Waals surface area (Å²) in [6.45, 7) is 2.27. The molecule has 0 saturated heterocycles. The van der Waals surface area contributed by atoms with Crippen LogP contribution in [0.2, 0.25) is 0 Å². The van der Waals surface area contributed by atoms with Crippen LogP contribution in [-0.2, 0) is 7.05 Å². The number of nitrogens with one attached hydrogen (secondary N) is 1. The SMILES string of the molecule is C[C@H](CN)NC(=O)c1nccn1C. The van der Waals surface area contributed by atoms with Crippen molar-refractivity contribution in [3.05, 3.63) is 18.2 Å². The summed E-state index contributed by atoms with van der Waals surface area (Å²) in [6.07, 6.45) is 3.31. The lowest BCUT2D eigenvalue weighted by molar-refractivity contribution is 0.0927. The van der Waals surface area contributed by atoms with E-state index in [0.29, 0.717) is 12.4 Å². The maximum Gasteiger partial charge on any atom is 0.287 e. The summed E-state index contributed by atoms with van der Waals surface area (Å²) in [6, 6.07) is -0.0239. The molecule has 0 aliphatic heterocycles. The number of hydrogen-bond donors (Lipinski definition) is 2. The van der Waals surface area contributed by atoms with Crippen LogP contribution in [0.25, 0.3) is 0 Å². The molecule has 0 spiro atoms. The van der Waals surface area contributed by atoms with Crippen LogP contribution in [0, 0.1) is 0 Å². The second kappa shape index (κ2) is 4.04. The summed E-state index contributed by atoms with van der Waals surface area (Å²) in [4.78, 5) is 15.4. The van der Waals surface area contributed by atoms with Crippen molar-refractivity contribution < 1.29 is 4.79 Å². The van der Waals surface area contributed by atoms with Crippen molar-refractivity contribution in [1.29, 1.82) is 0 Å². The molecule has 0 fully saturated rings. The van der Waals surface area contributed by atoms with Gasteiger partial charge in [0.05, 0.1) is 0 Å². The number of imidazole rings is 1. The van der Waals surface area contributed by atoms with E-state index in [1.165, 1.54) is 0 Å². The maximum atomic E-state index is 11.4. The van der Waals surface area contributed by atoms with Crippen LogP contribution in [0.1, 0.15) is 17.5 Å². The molecular formula is C8H14N4O. The van der Waals surface area contributed by atoms with E-state index < -0.39 is 0 Å². The average Bonchev–Trinajstić information content (AvgIpc) is 2.51. The monoisotopic (exact) mass is 182 g/mol. The molecule has 3 N–H and O–H groups in total. The zero-order chi connectivity index (χ0) is 9.84. The Morgan fingerprint density at radius 2 is 2.54 bits per heavy atom. The summed E-state index contributed by atoms with van der Waals surface area (Å²) in [5.74, 6) is 0.214. The van der Waals surface area contributed by atoms with Crippen molar-refractivity contribution in [2.45, 2.75) is 13.0 Å². The molecule has 72 valence electrons. The molecular weight excluding hydrogens is 168 g/mol. The third-order valence-corrected chi connectivity index (χ3v) is 1.76. The van der Waals surface area contributed by atoms with Gasteiger partial charge < -0.3 is 15.6 Å². The van der Waals surface area contributed by atoms with E-state index in [0.717, 1.165) is 0 Å². The minimum absolute atomic E-state index is 0.0239. The normalized spacial score (nSPS) is 12.5. The zero-order valence-electron chi connectivity index (χ0n) is 7.82. The lowest BCUT2D eigenvalue weighted by Gasteiger charge is -2.10. The van der Waals surface area contributed by atoms with Crippen molar-refractivity contribution in [2.24, 2.45) is 12.8 Å². The number of carbonyl (C=O) groups is 1. The number of hydrogen-bond acceptors (Lipinski definition) is 3. The van der Waals surface area contributed by atoms with Gasteiger partial charge in [-0.05, 0) is 6.92 Å². The Morgan fingerprint density at radius 1 is 1.85 bits per heavy atom. The summed E-state index contributed by atoms with van der Waals surface area (Å²) >= 11 is 0. The molecule has 0 radical (unpaired) electrons. The number of aromatic nitrogens is 2. The molecule has 1 aromatic rings. The van der Waals surface area contributed by atoms with Gasteiger partial charge in [0.25, 0.3) is 5.91 Å². The highest BCUT2D eigenvalue weighted by Gasteiger charge is 2.12. The Morgan fingerprint density at radius 3 is 3.00 bits per heavy atom. The van der Waals surface area contributed by atoms with Gasteiger partial charge in [-0.2, -0.15) is 0 Å². The van der Waals surface area contributed by atoms with E-state index in [2.05, 4.69) is 10.3 Å². The average molecular weight is 182 g/mol. The summed E-state index contributed by atoms with van der Waals surface area (Å²) in [7, 11) is 1.77. The van der Waals surface area contributed by atoms with Crippen LogP contribution < -0.4 is 11.1 Å². The van der Waals surface area contributed by atoms with Crippen LogP contribution in [0.15, 0.2) is 12.4 Å². The van der Waals surface area contributed by atoms with E-state index in [1.807, 2.05) is 6.92 Å². The Labute approximate surface area is 76.9 Å². The third kappa shape index (κ3) is 2.29. The zero-order valence-corrected chi connectivity index (χ0v) is 7.82. The molecule has 1 rings (SSSR count). The second-order valence-corrected chi connectivity index (χ2v) is 2.97. The Hall–Kier alpha value is -1.36. The molecule has 5 nitrogen and oxygen atoms in total. The molecule has 1 amide bonds. The van der Waals surface area contributed by atoms with Gasteiger partial charge in [-0.3, -0.25) is 4.79 Å². The Kier molecular flexibility index (Phi) is 3.02. The van der Waals surface area contributed by atoms with Gasteiger partial charge in [-0.25, -0.2) is 4.98 Å². The van der Waals surface area contributed by atoms with Crippen LogP contribution >= 0.6 is 0 Å². The number of carbonyl (C=O) groups excluding carboxylic acids is 1. The molecule has 13 heavy (non-hydrogen) atoms. The van der Waals surface area contributed by atoms with Crippen LogP contribution in [0.5, 0.6) is 0 Å². The number of aryl methyl sites for hydroxylation is 1. The lowest BCUT2D eigenvalue weighted by atomic mass is 10.3. The third-order valence-electron chi connectivity index (χ3n) is 1.76. The molecule has 0 aromatic carbocycles. The first kappa shape index (κ1) is 9.73. The van der Waals surface area contributed by atoms with Crippen molar-refractivity contribution in [3.63, 3.8) is 0 Å². The van der Waals surface area contributed by atoms with Crippen LogP contribution in [0.4, 0.5) is 0 Å². The molecule has 5 heteroatoms. The lowest BCUT2D eigenvalue weighted by Crippen LogP contribution is -2.38. The van der Waals surface area contributed by atoms with Crippen molar-refractivity contribution in [2.75, 3.05) is 6.54 Å². The Bertz CT molecular complexity index is 294. The van der Waals surface area contributed by atoms with E-state index in [-0.39, 0.29) is 11.9 Å². The second-order valence-electron chi connectivity index (χ2n) is 2.97. The highest BCUT2D eigenvalue weighted by Crippen LogP contribution is 1.94. The van der Waals surface area contributed by atoms with Gasteiger partial charge in [0.2, 0.25) is 0 Å². The van der Waals surface area contributed by atoms with Gasteiger partial charge in [-0.15, -0.1) is 0 Å². The van der Waals surface area contributed by atoms with Gasteiger partial charge in [0.15, 0.2) is 5.82 Å². The quantitative estimate of drug-likeness (QED) is 0.661. The fraction of sp³-hybridized carbons (Fsp3) is 0.500. The van der Waals surface area contributed by atoms with E-state index in [4.69, 9.17) is 5.73 Å². The molecule has 0 bridgehead atoms. The highest BCUT2D eigenvalue weighted by atomic mass is 16.2. The molecule has 1 aromatic heterocycles. The van der Waals surface area contributed by atoms with Crippen molar-refractivity contribution in [1.82, 2.24) is 14.9 Å². The topological polar surface area (TPSA) is 72.9 Å². The van der Waals surface area contributed by atoms with Gasteiger partial charge in [0.1, 0.15) is 0 Å². The fourth-order valence-electron chi connectivity index (χ4n) is 0.932. The largest absolute Gasteiger partial charge is 0.346 e. The first-order valence-corrected chi connectivity index (χ1v) is 4.13. The van der Waals surface area contributed by atoms with E-state index in [1.54, 1.807) is 24.0 Å². The minimum atomic E-state index is -0.189. The fourth-order valence-corrected chi connectivity index (χ4v) is 0.932. The molecule has 1 heterocycles. The number of amides is 1. The summed E-state index contributed by atoms with van der Waals surface area (Å²) < 4.78 is 1.67. The molecule has 0 aliphatic rings. The number of nitrogens with two attached hydrogens (primary N) is 1. The van der Waals surface area contributed by atoms with Crippen molar-refractivity contribution in [3.8, 4) is 0 Å².